The number of benzene rings is 8. The Labute approximate surface area is 343 Å². The van der Waals surface area contributed by atoms with Crippen LogP contribution in [0.4, 0.5) is 0 Å². The number of hydrogen-bond donors (Lipinski definition) is 0. The second-order valence-corrected chi connectivity index (χ2v) is 14.8. The third kappa shape index (κ3) is 5.46. The number of nitrogens with zero attached hydrogens (tertiary/aromatic N) is 8. The van der Waals surface area contributed by atoms with Crippen LogP contribution in [0.25, 0.3) is 112 Å². The topological polar surface area (TPSA) is 87.2 Å². The molecule has 0 bridgehead atoms. The van der Waals surface area contributed by atoms with E-state index in [1.807, 2.05) is 91.0 Å². The molecular weight excluding hydrogens is 737 g/mol. The fourth-order valence-electron chi connectivity index (χ4n) is 8.47. The first kappa shape index (κ1) is 33.7. The van der Waals surface area contributed by atoms with Gasteiger partial charge in [0, 0.05) is 49.2 Å². The molecule has 0 spiro atoms. The monoisotopic (exact) mass is 768 g/mol. The number of para-hydroxylation sites is 2. The zero-order chi connectivity index (χ0) is 39.6. The van der Waals surface area contributed by atoms with Crippen molar-refractivity contribution < 1.29 is 0 Å². The summed E-state index contributed by atoms with van der Waals surface area (Å²) in [5.41, 5.74) is 7.62. The molecule has 0 N–H and O–H groups in total. The summed E-state index contributed by atoms with van der Waals surface area (Å²) in [4.78, 5) is 30.9. The largest absolute Gasteiger partial charge is 0.278 e. The lowest BCUT2D eigenvalue weighted by atomic mass is 10.1. The fraction of sp³-hybridized carbons (Fsp3) is 0. The van der Waals surface area contributed by atoms with Crippen molar-refractivity contribution in [3.63, 3.8) is 0 Å². The van der Waals surface area contributed by atoms with E-state index in [0.29, 0.717) is 35.2 Å². The van der Waals surface area contributed by atoms with Gasteiger partial charge in [0.05, 0.1) is 22.1 Å². The molecule has 4 heterocycles. The second-order valence-electron chi connectivity index (χ2n) is 14.8. The Kier molecular flexibility index (Phi) is 7.67. The Morgan fingerprint density at radius 1 is 0.267 bits per heavy atom. The van der Waals surface area contributed by atoms with Gasteiger partial charge in [-0.05, 0) is 35.7 Å². The Morgan fingerprint density at radius 2 is 0.700 bits per heavy atom. The van der Waals surface area contributed by atoms with E-state index in [4.69, 9.17) is 29.9 Å². The molecule has 0 aliphatic carbocycles. The summed E-state index contributed by atoms with van der Waals surface area (Å²) < 4.78 is 4.33. The van der Waals surface area contributed by atoms with Crippen molar-refractivity contribution in [1.29, 1.82) is 0 Å². The summed E-state index contributed by atoms with van der Waals surface area (Å²) in [5.74, 6) is 3.46. The van der Waals surface area contributed by atoms with Gasteiger partial charge in [-0.2, -0.15) is 19.9 Å². The molecule has 0 unspecified atom stereocenters. The van der Waals surface area contributed by atoms with Crippen LogP contribution in [0.2, 0.25) is 0 Å². The molecule has 0 amide bonds. The zero-order valence-electron chi connectivity index (χ0n) is 32.1. The lowest BCUT2D eigenvalue weighted by Gasteiger charge is -2.12. The molecule has 0 fully saturated rings. The normalized spacial score (nSPS) is 11.7. The van der Waals surface area contributed by atoms with Crippen LogP contribution in [-0.2, 0) is 0 Å². The molecule has 280 valence electrons. The Morgan fingerprint density at radius 3 is 1.28 bits per heavy atom. The molecule has 0 atom stereocenters. The van der Waals surface area contributed by atoms with Gasteiger partial charge in [-0.1, -0.05) is 164 Å². The lowest BCUT2D eigenvalue weighted by molar-refractivity contribution is 0.952. The predicted octanol–water partition coefficient (Wildman–Crippen LogP) is 12.1. The molecule has 12 rings (SSSR count). The zero-order valence-corrected chi connectivity index (χ0v) is 32.1. The maximum atomic E-state index is 5.32. The number of fused-ring (bicyclic) bond motifs is 8. The maximum Gasteiger partial charge on any atom is 0.238 e. The maximum absolute atomic E-state index is 5.32. The highest BCUT2D eigenvalue weighted by molar-refractivity contribution is 6.18. The number of aromatic nitrogens is 8. The van der Waals surface area contributed by atoms with Gasteiger partial charge in [0.2, 0.25) is 11.9 Å². The molecule has 60 heavy (non-hydrogen) atoms. The number of rotatable bonds is 6. The van der Waals surface area contributed by atoms with Crippen molar-refractivity contribution in [2.24, 2.45) is 0 Å². The molecule has 0 aliphatic heterocycles. The van der Waals surface area contributed by atoms with E-state index in [9.17, 15) is 0 Å². The highest BCUT2D eigenvalue weighted by atomic mass is 15.2. The molecule has 8 heteroatoms. The van der Waals surface area contributed by atoms with Crippen molar-refractivity contribution in [2.45, 2.75) is 0 Å². The van der Waals surface area contributed by atoms with Gasteiger partial charge in [-0.25, -0.2) is 9.97 Å². The molecule has 0 saturated carbocycles. The van der Waals surface area contributed by atoms with Crippen LogP contribution < -0.4 is 0 Å². The summed E-state index contributed by atoms with van der Waals surface area (Å²) in [5, 5.41) is 6.65. The Balaban J connectivity index is 1.10. The minimum absolute atomic E-state index is 0.536. The molecule has 0 saturated heterocycles. The summed E-state index contributed by atoms with van der Waals surface area (Å²) in [6.07, 6.45) is 0. The second kappa shape index (κ2) is 13.6. The standard InChI is InChI=1S/C52H32N8/c1-4-17-34(18-5-1)47-53-48(35-19-6-2-7-20-35)56-51(55-47)59-43-26-14-13-25-40(43)42-32-37(29-31-45(42)59)50-54-49(36-21-8-3-9-22-36)57-52(58-50)60-44-27-15-12-24-39(44)41-30-28-33-16-10-11-23-38(33)46(41)60/h1-32H. The highest BCUT2D eigenvalue weighted by Crippen LogP contribution is 2.38. The van der Waals surface area contributed by atoms with Crippen LogP contribution in [0.3, 0.4) is 0 Å². The molecule has 0 aliphatic rings. The van der Waals surface area contributed by atoms with E-state index in [1.54, 1.807) is 0 Å². The van der Waals surface area contributed by atoms with Crippen molar-refractivity contribution in [3.8, 4) is 57.4 Å². The Hall–Kier alpha value is -8.36. The van der Waals surface area contributed by atoms with Crippen LogP contribution in [0.15, 0.2) is 194 Å². The summed E-state index contributed by atoms with van der Waals surface area (Å²) >= 11 is 0. The van der Waals surface area contributed by atoms with E-state index < -0.39 is 0 Å². The van der Waals surface area contributed by atoms with Crippen molar-refractivity contribution in [2.75, 3.05) is 0 Å². The van der Waals surface area contributed by atoms with Crippen molar-refractivity contribution in [3.05, 3.63) is 194 Å². The van der Waals surface area contributed by atoms with Crippen LogP contribution in [0.1, 0.15) is 0 Å². The van der Waals surface area contributed by atoms with Gasteiger partial charge in [0.25, 0.3) is 0 Å². The first-order valence-electron chi connectivity index (χ1n) is 19.9. The van der Waals surface area contributed by atoms with Crippen LogP contribution in [-0.4, -0.2) is 39.0 Å². The SMILES string of the molecule is c1ccc(-c2nc(-c3ccccc3)nc(-n3c4ccccc4c4cc(-c5nc(-c6ccccc6)nc(-n6c7ccccc7c7ccc8ccccc8c76)n5)ccc43)n2)cc1. The van der Waals surface area contributed by atoms with Crippen LogP contribution >= 0.6 is 0 Å². The van der Waals surface area contributed by atoms with Gasteiger partial charge in [0.15, 0.2) is 23.3 Å². The molecule has 8 aromatic carbocycles. The minimum atomic E-state index is 0.536. The molecule has 8 nitrogen and oxygen atoms in total. The lowest BCUT2D eigenvalue weighted by Crippen LogP contribution is -2.07. The van der Waals surface area contributed by atoms with E-state index >= 15 is 0 Å². The minimum Gasteiger partial charge on any atom is -0.278 e. The summed E-state index contributed by atoms with van der Waals surface area (Å²) in [6, 6.07) is 66.4. The van der Waals surface area contributed by atoms with Crippen LogP contribution in [0.5, 0.6) is 0 Å². The quantitative estimate of drug-likeness (QED) is 0.167. The predicted molar refractivity (Wildman–Crippen MR) is 241 cm³/mol. The molecule has 0 radical (unpaired) electrons. The first-order valence-corrected chi connectivity index (χ1v) is 19.9. The van der Waals surface area contributed by atoms with Crippen LogP contribution in [0, 0.1) is 0 Å². The fourth-order valence-corrected chi connectivity index (χ4v) is 8.47. The van der Waals surface area contributed by atoms with Gasteiger partial charge in [-0.3, -0.25) is 9.13 Å². The molecule has 4 aromatic heterocycles. The van der Waals surface area contributed by atoms with E-state index in [1.165, 1.54) is 0 Å². The van der Waals surface area contributed by atoms with Gasteiger partial charge < -0.3 is 0 Å². The number of hydrogen-bond acceptors (Lipinski definition) is 6. The van der Waals surface area contributed by atoms with E-state index in [2.05, 4.69) is 112 Å². The highest BCUT2D eigenvalue weighted by Gasteiger charge is 2.22. The summed E-state index contributed by atoms with van der Waals surface area (Å²) in [6.45, 7) is 0. The molecule has 12 aromatic rings. The van der Waals surface area contributed by atoms with Crippen molar-refractivity contribution >= 4 is 54.4 Å². The molecular formula is C52H32N8. The smallest absolute Gasteiger partial charge is 0.238 e. The first-order chi connectivity index (χ1) is 29.7. The average molecular weight is 769 g/mol. The Bertz CT molecular complexity index is 3540. The average Bonchev–Trinajstić information content (AvgIpc) is 3.85. The van der Waals surface area contributed by atoms with E-state index in [-0.39, 0.29) is 0 Å². The summed E-state index contributed by atoms with van der Waals surface area (Å²) in [7, 11) is 0. The third-order valence-electron chi connectivity index (χ3n) is 11.2. The van der Waals surface area contributed by atoms with Crippen molar-refractivity contribution in [1.82, 2.24) is 39.0 Å². The van der Waals surface area contributed by atoms with Gasteiger partial charge in [0.1, 0.15) is 0 Å². The third-order valence-corrected chi connectivity index (χ3v) is 11.2. The van der Waals surface area contributed by atoms with E-state index in [0.717, 1.165) is 76.6 Å². The van der Waals surface area contributed by atoms with Gasteiger partial charge in [-0.15, -0.1) is 0 Å². The van der Waals surface area contributed by atoms with Gasteiger partial charge >= 0.3 is 0 Å².